The Morgan fingerprint density at radius 1 is 1.04 bits per heavy atom. The summed E-state index contributed by atoms with van der Waals surface area (Å²) in [6.45, 7) is 0.585. The quantitative estimate of drug-likeness (QED) is 0.677. The Hall–Kier alpha value is -2.92. The van der Waals surface area contributed by atoms with Crippen LogP contribution in [-0.2, 0) is 0 Å². The highest BCUT2D eigenvalue weighted by atomic mass is 16.5. The Morgan fingerprint density at radius 3 is 2.69 bits per heavy atom. The van der Waals surface area contributed by atoms with Crippen molar-refractivity contribution in [3.63, 3.8) is 0 Å². The van der Waals surface area contributed by atoms with E-state index in [9.17, 15) is 9.59 Å². The van der Waals surface area contributed by atoms with E-state index < -0.39 is 5.92 Å². The van der Waals surface area contributed by atoms with Crippen LogP contribution in [0.3, 0.4) is 0 Å². The van der Waals surface area contributed by atoms with Gasteiger partial charge in [-0.15, -0.1) is 0 Å². The van der Waals surface area contributed by atoms with Gasteiger partial charge in [-0.1, -0.05) is 24.3 Å². The van der Waals surface area contributed by atoms with Crippen LogP contribution in [0.1, 0.15) is 22.0 Å². The van der Waals surface area contributed by atoms with Crippen molar-refractivity contribution in [2.75, 3.05) is 13.6 Å². The van der Waals surface area contributed by atoms with E-state index in [0.717, 1.165) is 0 Å². The topological polar surface area (TPSA) is 59.8 Å². The van der Waals surface area contributed by atoms with Gasteiger partial charge in [0.2, 0.25) is 0 Å². The second-order valence-corrected chi connectivity index (χ2v) is 6.94. The summed E-state index contributed by atoms with van der Waals surface area (Å²) in [7, 11) is 1.92. The van der Waals surface area contributed by atoms with Gasteiger partial charge in [0.1, 0.15) is 17.4 Å². The van der Waals surface area contributed by atoms with Crippen molar-refractivity contribution in [3.05, 3.63) is 76.1 Å². The second kappa shape index (κ2) is 5.54. The predicted molar refractivity (Wildman–Crippen MR) is 96.5 cm³/mol. The van der Waals surface area contributed by atoms with E-state index in [2.05, 4.69) is 0 Å². The number of ketones is 1. The molecule has 1 aromatic heterocycles. The lowest BCUT2D eigenvalue weighted by Crippen LogP contribution is -2.38. The summed E-state index contributed by atoms with van der Waals surface area (Å²) in [4.78, 5) is 28.2. The van der Waals surface area contributed by atoms with Crippen molar-refractivity contribution in [1.82, 2.24) is 4.90 Å². The van der Waals surface area contributed by atoms with E-state index in [1.807, 2.05) is 42.3 Å². The molecule has 0 amide bonds. The molecule has 2 aromatic carbocycles. The maximum atomic E-state index is 13.2. The SMILES string of the molecule is CN1C[C@@H]2Oc3ccccc3C(=O)[C@@H]2[C@@H]1c1coc2ccccc2c1=O. The third-order valence-corrected chi connectivity index (χ3v) is 5.44. The van der Waals surface area contributed by atoms with Crippen LogP contribution in [0, 0.1) is 5.92 Å². The van der Waals surface area contributed by atoms with Crippen LogP contribution in [-0.4, -0.2) is 30.4 Å². The van der Waals surface area contributed by atoms with Crippen LogP contribution in [0.25, 0.3) is 11.0 Å². The molecule has 5 heteroatoms. The van der Waals surface area contributed by atoms with Gasteiger partial charge in [-0.2, -0.15) is 0 Å². The number of carbonyl (C=O) groups excluding carboxylic acids is 1. The molecule has 26 heavy (non-hydrogen) atoms. The number of Topliss-reactive ketones (excluding diaryl/α,β-unsaturated/α-hetero) is 1. The van der Waals surface area contributed by atoms with Gasteiger partial charge < -0.3 is 9.15 Å². The molecule has 2 aliphatic heterocycles. The van der Waals surface area contributed by atoms with E-state index >= 15 is 0 Å². The van der Waals surface area contributed by atoms with Gasteiger partial charge >= 0.3 is 0 Å². The zero-order chi connectivity index (χ0) is 17.8. The van der Waals surface area contributed by atoms with E-state index in [1.165, 1.54) is 6.26 Å². The molecule has 0 N–H and O–H groups in total. The molecule has 3 atom stereocenters. The summed E-state index contributed by atoms with van der Waals surface area (Å²) in [5.41, 5.74) is 1.56. The van der Waals surface area contributed by atoms with Crippen molar-refractivity contribution < 1.29 is 13.9 Å². The first-order valence-electron chi connectivity index (χ1n) is 8.66. The average Bonchev–Trinajstić information content (AvgIpc) is 2.98. The highest BCUT2D eigenvalue weighted by molar-refractivity contribution is 6.02. The number of hydrogen-bond donors (Lipinski definition) is 0. The first-order chi connectivity index (χ1) is 12.6. The Morgan fingerprint density at radius 2 is 1.81 bits per heavy atom. The zero-order valence-electron chi connectivity index (χ0n) is 14.2. The van der Waals surface area contributed by atoms with Gasteiger partial charge in [-0.25, -0.2) is 0 Å². The van der Waals surface area contributed by atoms with Crippen LogP contribution >= 0.6 is 0 Å². The first-order valence-corrected chi connectivity index (χ1v) is 8.66. The highest BCUT2D eigenvalue weighted by Crippen LogP contribution is 2.43. The zero-order valence-corrected chi connectivity index (χ0v) is 14.2. The maximum Gasteiger partial charge on any atom is 0.197 e. The molecular weight excluding hydrogens is 330 g/mol. The molecular formula is C21H17NO4. The van der Waals surface area contributed by atoms with Crippen molar-refractivity contribution >= 4 is 16.8 Å². The van der Waals surface area contributed by atoms with Crippen molar-refractivity contribution in [2.24, 2.45) is 5.92 Å². The van der Waals surface area contributed by atoms with Crippen molar-refractivity contribution in [1.29, 1.82) is 0 Å². The fraction of sp³-hybridized carbons (Fsp3) is 0.238. The summed E-state index contributed by atoms with van der Waals surface area (Å²) in [6.07, 6.45) is 1.24. The number of likely N-dealkylation sites (tertiary alicyclic amines) is 1. The van der Waals surface area contributed by atoms with Crippen molar-refractivity contribution in [2.45, 2.75) is 12.1 Å². The molecule has 0 radical (unpaired) electrons. The fourth-order valence-corrected chi connectivity index (χ4v) is 4.25. The first kappa shape index (κ1) is 15.3. The molecule has 130 valence electrons. The number of rotatable bonds is 1. The fourth-order valence-electron chi connectivity index (χ4n) is 4.25. The average molecular weight is 347 g/mol. The number of likely N-dealkylation sites (N-methyl/N-ethyl adjacent to an activating group) is 1. The molecule has 0 bridgehead atoms. The number of fused-ring (bicyclic) bond motifs is 3. The minimum atomic E-state index is -0.418. The smallest absolute Gasteiger partial charge is 0.197 e. The van der Waals surface area contributed by atoms with Gasteiger partial charge in [0.15, 0.2) is 11.2 Å². The van der Waals surface area contributed by atoms with Gasteiger partial charge in [-0.05, 0) is 31.3 Å². The normalized spacial score (nSPS) is 25.0. The molecule has 0 saturated carbocycles. The third kappa shape index (κ3) is 2.07. The van der Waals surface area contributed by atoms with Gasteiger partial charge in [0.25, 0.3) is 0 Å². The van der Waals surface area contributed by atoms with E-state index in [0.29, 0.717) is 34.4 Å². The predicted octanol–water partition coefficient (Wildman–Crippen LogP) is 3.04. The molecule has 5 rings (SSSR count). The van der Waals surface area contributed by atoms with Crippen LogP contribution in [0.5, 0.6) is 5.75 Å². The number of ether oxygens (including phenoxy) is 1. The third-order valence-electron chi connectivity index (χ3n) is 5.44. The van der Waals surface area contributed by atoms with Gasteiger partial charge in [0.05, 0.1) is 34.7 Å². The van der Waals surface area contributed by atoms with E-state index in [1.54, 1.807) is 18.2 Å². The summed E-state index contributed by atoms with van der Waals surface area (Å²) < 4.78 is 11.8. The molecule has 1 fully saturated rings. The lowest BCUT2D eigenvalue weighted by molar-refractivity contribution is 0.0720. The summed E-state index contributed by atoms with van der Waals surface area (Å²) in [5, 5.41) is 0.534. The molecule has 2 aliphatic rings. The standard InChI is InChI=1S/C21H17NO4/c1-22-10-17-18(21(24)13-7-3-5-9-16(13)26-17)19(22)14-11-25-15-8-4-2-6-12(15)20(14)23/h2-9,11,17-19H,10H2,1H3/t17-,18-,19-/m0/s1. The van der Waals surface area contributed by atoms with Crippen LogP contribution in [0.2, 0.25) is 0 Å². The number of benzene rings is 2. The van der Waals surface area contributed by atoms with Gasteiger partial charge in [0, 0.05) is 6.54 Å². The Bertz CT molecular complexity index is 1090. The monoisotopic (exact) mass is 347 g/mol. The number of para-hydroxylation sites is 2. The van der Waals surface area contributed by atoms with E-state index in [-0.39, 0.29) is 23.4 Å². The Labute approximate surface area is 149 Å². The summed E-state index contributed by atoms with van der Waals surface area (Å²) >= 11 is 0. The van der Waals surface area contributed by atoms with Crippen LogP contribution < -0.4 is 10.2 Å². The molecule has 3 aromatic rings. The molecule has 3 heterocycles. The number of carbonyl (C=O) groups is 1. The minimum Gasteiger partial charge on any atom is -0.487 e. The molecule has 0 aliphatic carbocycles. The maximum absolute atomic E-state index is 13.2. The minimum absolute atomic E-state index is 0.0266. The molecule has 0 unspecified atom stereocenters. The summed E-state index contributed by atoms with van der Waals surface area (Å²) in [5.74, 6) is 0.232. The second-order valence-electron chi connectivity index (χ2n) is 6.94. The molecule has 1 saturated heterocycles. The molecule has 5 nitrogen and oxygen atoms in total. The van der Waals surface area contributed by atoms with E-state index in [4.69, 9.17) is 9.15 Å². The van der Waals surface area contributed by atoms with Crippen molar-refractivity contribution in [3.8, 4) is 5.75 Å². The van der Waals surface area contributed by atoms with Crippen LogP contribution in [0.4, 0.5) is 0 Å². The lowest BCUT2D eigenvalue weighted by atomic mass is 9.84. The number of nitrogens with zero attached hydrogens (tertiary/aromatic N) is 1. The highest BCUT2D eigenvalue weighted by Gasteiger charge is 2.50. The number of hydrogen-bond acceptors (Lipinski definition) is 5. The summed E-state index contributed by atoms with van der Waals surface area (Å²) in [6, 6.07) is 14.1. The molecule has 0 spiro atoms. The lowest BCUT2D eigenvalue weighted by Gasteiger charge is -2.29. The Kier molecular flexibility index (Phi) is 3.27. The Balaban J connectivity index is 1.65. The largest absolute Gasteiger partial charge is 0.487 e. The van der Waals surface area contributed by atoms with Crippen LogP contribution in [0.15, 0.2) is 64.0 Å². The van der Waals surface area contributed by atoms with Gasteiger partial charge in [-0.3, -0.25) is 14.5 Å².